The van der Waals surface area contributed by atoms with Crippen LogP contribution in [0.2, 0.25) is 0 Å². The van der Waals surface area contributed by atoms with E-state index in [9.17, 15) is 18.0 Å². The first kappa shape index (κ1) is 14.3. The maximum Gasteiger partial charge on any atom is 0.194 e. The first-order chi connectivity index (χ1) is 9.42. The van der Waals surface area contributed by atoms with Crippen LogP contribution in [0.3, 0.4) is 0 Å². The highest BCUT2D eigenvalue weighted by atomic mass is 19.2. The van der Waals surface area contributed by atoms with Crippen molar-refractivity contribution in [1.82, 2.24) is 9.78 Å². The Morgan fingerprint density at radius 1 is 1.20 bits per heavy atom. The molecule has 1 aromatic carbocycles. The van der Waals surface area contributed by atoms with Crippen molar-refractivity contribution in [3.8, 4) is 0 Å². The summed E-state index contributed by atoms with van der Waals surface area (Å²) in [7, 11) is 1.69. The zero-order valence-corrected chi connectivity index (χ0v) is 11.1. The summed E-state index contributed by atoms with van der Waals surface area (Å²) in [6.45, 7) is 1.93. The van der Waals surface area contributed by atoms with Gasteiger partial charge in [-0.05, 0) is 24.6 Å². The quantitative estimate of drug-likeness (QED) is 0.638. The van der Waals surface area contributed by atoms with Crippen molar-refractivity contribution in [2.75, 3.05) is 0 Å². The highest BCUT2D eigenvalue weighted by Gasteiger charge is 2.17. The van der Waals surface area contributed by atoms with Gasteiger partial charge in [0, 0.05) is 18.3 Å². The Morgan fingerprint density at radius 3 is 2.30 bits per heavy atom. The van der Waals surface area contributed by atoms with E-state index in [4.69, 9.17) is 0 Å². The van der Waals surface area contributed by atoms with Gasteiger partial charge < -0.3 is 0 Å². The van der Waals surface area contributed by atoms with E-state index in [0.717, 1.165) is 12.1 Å². The summed E-state index contributed by atoms with van der Waals surface area (Å²) < 4.78 is 40.6. The lowest BCUT2D eigenvalue weighted by molar-refractivity contribution is 0.0989. The van der Waals surface area contributed by atoms with Crippen molar-refractivity contribution < 1.29 is 18.0 Å². The fraction of sp³-hybridized carbons (Fsp3) is 0.286. The summed E-state index contributed by atoms with van der Waals surface area (Å²) in [5.41, 5.74) is 1.27. The molecule has 0 amide bonds. The van der Waals surface area contributed by atoms with Gasteiger partial charge in [0.05, 0.1) is 12.1 Å². The molecule has 1 aromatic heterocycles. The zero-order valence-electron chi connectivity index (χ0n) is 11.1. The van der Waals surface area contributed by atoms with E-state index >= 15 is 0 Å². The fourth-order valence-corrected chi connectivity index (χ4v) is 1.89. The number of halogens is 3. The average Bonchev–Trinajstić information content (AvgIpc) is 2.76. The number of Topliss-reactive ketones (excluding diaryl/α,β-unsaturated/α-hetero) is 1. The predicted molar refractivity (Wildman–Crippen MR) is 66.9 cm³/mol. The molecule has 2 aromatic rings. The van der Waals surface area contributed by atoms with E-state index in [1.54, 1.807) is 17.8 Å². The van der Waals surface area contributed by atoms with Crippen molar-refractivity contribution in [3.63, 3.8) is 0 Å². The average molecular weight is 282 g/mol. The van der Waals surface area contributed by atoms with Gasteiger partial charge >= 0.3 is 0 Å². The van der Waals surface area contributed by atoms with Crippen molar-refractivity contribution >= 4 is 5.78 Å². The minimum Gasteiger partial charge on any atom is -0.294 e. The molecule has 0 saturated heterocycles. The number of hydrogen-bond acceptors (Lipinski definition) is 2. The summed E-state index contributed by atoms with van der Waals surface area (Å²) in [6, 6.07) is 3.17. The lowest BCUT2D eigenvalue weighted by Gasteiger charge is -2.03. The molecule has 6 heteroatoms. The Morgan fingerprint density at radius 2 is 1.80 bits per heavy atom. The number of rotatable bonds is 4. The van der Waals surface area contributed by atoms with Gasteiger partial charge in [-0.25, -0.2) is 13.2 Å². The van der Waals surface area contributed by atoms with Crippen molar-refractivity contribution in [1.29, 1.82) is 0 Å². The van der Waals surface area contributed by atoms with E-state index in [2.05, 4.69) is 5.10 Å². The Bertz CT molecular complexity index is 641. The minimum atomic E-state index is -1.57. The van der Waals surface area contributed by atoms with Crippen LogP contribution < -0.4 is 0 Å². The molecule has 0 fully saturated rings. The summed E-state index contributed by atoms with van der Waals surface area (Å²) in [5.74, 6) is -4.80. The molecule has 3 nitrogen and oxygen atoms in total. The molecule has 0 aliphatic rings. The molecule has 20 heavy (non-hydrogen) atoms. The van der Waals surface area contributed by atoms with Gasteiger partial charge in [-0.3, -0.25) is 9.48 Å². The number of nitrogens with zero attached hydrogens (tertiary/aromatic N) is 2. The van der Waals surface area contributed by atoms with Gasteiger partial charge in [-0.2, -0.15) is 5.10 Å². The number of hydrogen-bond donors (Lipinski definition) is 0. The third kappa shape index (κ3) is 2.74. The standard InChI is InChI=1S/C14H13F3N2O/c1-3-9-6-10(19(2)18-9)7-13(20)8-4-11(15)14(17)12(16)5-8/h4-6H,3,7H2,1-2H3. The molecule has 0 saturated carbocycles. The monoisotopic (exact) mass is 282 g/mol. The van der Waals surface area contributed by atoms with Gasteiger partial charge in [0.1, 0.15) is 0 Å². The minimum absolute atomic E-state index is 0.0476. The maximum atomic E-state index is 13.1. The summed E-state index contributed by atoms with van der Waals surface area (Å²) in [4.78, 5) is 12.0. The zero-order chi connectivity index (χ0) is 14.9. The van der Waals surface area contributed by atoms with Crippen LogP contribution in [0.4, 0.5) is 13.2 Å². The largest absolute Gasteiger partial charge is 0.294 e. The van der Waals surface area contributed by atoms with E-state index < -0.39 is 23.2 Å². The maximum absolute atomic E-state index is 13.1. The number of carbonyl (C=O) groups is 1. The molecular weight excluding hydrogens is 269 g/mol. The number of aryl methyl sites for hydroxylation is 2. The molecule has 0 unspecified atom stereocenters. The normalized spacial score (nSPS) is 10.8. The number of aromatic nitrogens is 2. The van der Waals surface area contributed by atoms with Crippen molar-refractivity contribution in [3.05, 3.63) is 52.6 Å². The highest BCUT2D eigenvalue weighted by molar-refractivity contribution is 5.97. The molecule has 106 valence electrons. The van der Waals surface area contributed by atoms with Crippen LogP contribution in [0.5, 0.6) is 0 Å². The van der Waals surface area contributed by atoms with Gasteiger partial charge in [0.2, 0.25) is 0 Å². The second-order valence-corrected chi connectivity index (χ2v) is 4.46. The van der Waals surface area contributed by atoms with E-state index in [1.807, 2.05) is 6.92 Å². The number of carbonyl (C=O) groups excluding carboxylic acids is 1. The summed E-state index contributed by atoms with van der Waals surface area (Å²) in [5, 5.41) is 4.18. The Balaban J connectivity index is 2.26. The molecule has 0 radical (unpaired) electrons. The van der Waals surface area contributed by atoms with Crippen LogP contribution >= 0.6 is 0 Å². The van der Waals surface area contributed by atoms with E-state index in [-0.39, 0.29) is 12.0 Å². The van der Waals surface area contributed by atoms with E-state index in [1.165, 1.54) is 0 Å². The lowest BCUT2D eigenvalue weighted by Crippen LogP contribution is -2.09. The lowest BCUT2D eigenvalue weighted by atomic mass is 10.1. The van der Waals surface area contributed by atoms with Crippen LogP contribution in [0.15, 0.2) is 18.2 Å². The van der Waals surface area contributed by atoms with Crippen LogP contribution in [0.1, 0.15) is 28.7 Å². The topological polar surface area (TPSA) is 34.9 Å². The molecule has 0 spiro atoms. The predicted octanol–water partition coefficient (Wildman–Crippen LogP) is 2.83. The molecule has 0 aliphatic heterocycles. The van der Waals surface area contributed by atoms with Gasteiger partial charge in [-0.15, -0.1) is 0 Å². The van der Waals surface area contributed by atoms with Crippen molar-refractivity contribution in [2.24, 2.45) is 7.05 Å². The molecule has 0 atom stereocenters. The van der Waals surface area contributed by atoms with Crippen LogP contribution in [-0.2, 0) is 19.9 Å². The first-order valence-electron chi connectivity index (χ1n) is 6.12. The molecule has 2 rings (SSSR count). The van der Waals surface area contributed by atoms with Crippen LogP contribution in [0, 0.1) is 17.5 Å². The fourth-order valence-electron chi connectivity index (χ4n) is 1.89. The second kappa shape index (κ2) is 5.48. The number of ketones is 1. The van der Waals surface area contributed by atoms with Crippen molar-refractivity contribution in [2.45, 2.75) is 19.8 Å². The molecular formula is C14H13F3N2O. The Kier molecular flexibility index (Phi) is 3.92. The molecule has 0 bridgehead atoms. The second-order valence-electron chi connectivity index (χ2n) is 4.46. The first-order valence-corrected chi connectivity index (χ1v) is 6.12. The third-order valence-corrected chi connectivity index (χ3v) is 3.04. The SMILES string of the molecule is CCc1cc(CC(=O)c2cc(F)c(F)c(F)c2)n(C)n1. The van der Waals surface area contributed by atoms with Crippen LogP contribution in [-0.4, -0.2) is 15.6 Å². The van der Waals surface area contributed by atoms with Gasteiger partial charge in [0.25, 0.3) is 0 Å². The van der Waals surface area contributed by atoms with E-state index in [0.29, 0.717) is 17.8 Å². The molecule has 0 N–H and O–H groups in total. The molecule has 1 heterocycles. The summed E-state index contributed by atoms with van der Waals surface area (Å²) >= 11 is 0. The van der Waals surface area contributed by atoms with Crippen LogP contribution in [0.25, 0.3) is 0 Å². The van der Waals surface area contributed by atoms with Gasteiger partial charge in [0.15, 0.2) is 23.2 Å². The highest BCUT2D eigenvalue weighted by Crippen LogP contribution is 2.16. The third-order valence-electron chi connectivity index (χ3n) is 3.04. The molecule has 0 aliphatic carbocycles. The Hall–Kier alpha value is -2.11. The van der Waals surface area contributed by atoms with Gasteiger partial charge in [-0.1, -0.05) is 6.92 Å². The Labute approximate surface area is 114 Å². The summed E-state index contributed by atoms with van der Waals surface area (Å²) in [6.07, 6.45) is 0.676. The number of benzene rings is 1. The smallest absolute Gasteiger partial charge is 0.194 e.